The summed E-state index contributed by atoms with van der Waals surface area (Å²) >= 11 is 0. The van der Waals surface area contributed by atoms with E-state index in [2.05, 4.69) is 67.3 Å². The SMILES string of the molecule is Oc1ccc(P)c2ccc(Oc3[c-]c4c(cc3)c3ccccc3n4-c3cc(C4CCCC4)ccn3)nc12.[Pt]. The Morgan fingerprint density at radius 3 is 2.61 bits per heavy atom. The van der Waals surface area contributed by atoms with Crippen LogP contribution in [0.3, 0.4) is 0 Å². The Balaban J connectivity index is 0.00000264. The van der Waals surface area contributed by atoms with Crippen molar-refractivity contribution < 1.29 is 30.9 Å². The van der Waals surface area contributed by atoms with Gasteiger partial charge in [-0.3, -0.25) is 0 Å². The van der Waals surface area contributed by atoms with Gasteiger partial charge in [0.1, 0.15) is 17.1 Å². The largest absolute Gasteiger partial charge is 0.506 e. The molecule has 0 bridgehead atoms. The molecule has 1 N–H and O–H groups in total. The second-order valence-corrected chi connectivity index (χ2v) is 10.3. The van der Waals surface area contributed by atoms with E-state index in [0.717, 1.165) is 38.3 Å². The number of phenols is 1. The molecule has 1 aliphatic rings. The number of hydrogen-bond acceptors (Lipinski definition) is 4. The fraction of sp³-hybridized carbons (Fsp3) is 0.161. The van der Waals surface area contributed by atoms with Gasteiger partial charge in [-0.15, -0.1) is 26.8 Å². The van der Waals surface area contributed by atoms with E-state index in [-0.39, 0.29) is 26.8 Å². The Morgan fingerprint density at radius 1 is 0.921 bits per heavy atom. The second-order valence-electron chi connectivity index (χ2n) is 9.69. The molecular weight excluding hydrogens is 672 g/mol. The van der Waals surface area contributed by atoms with Gasteiger partial charge in [0.25, 0.3) is 0 Å². The standard InChI is InChI=1S/C31H25N3O2P.Pt/c35-27-12-13-28(37)24-11-14-30(33-31(24)27)36-21-9-10-23-22-7-3-4-8-25(22)34(26(23)18-21)29-17-20(15-16-32-29)19-5-1-2-6-19;/h3-4,7-17,19,35H,1-2,5-6,37H2;/q-1;. The van der Waals surface area contributed by atoms with E-state index in [4.69, 9.17) is 9.72 Å². The molecule has 0 saturated heterocycles. The van der Waals surface area contributed by atoms with Crippen LogP contribution in [-0.2, 0) is 21.1 Å². The number of para-hydroxylation sites is 1. The van der Waals surface area contributed by atoms with Gasteiger partial charge in [-0.25, -0.2) is 9.97 Å². The van der Waals surface area contributed by atoms with Gasteiger partial charge >= 0.3 is 0 Å². The predicted octanol–water partition coefficient (Wildman–Crippen LogP) is 7.18. The number of rotatable bonds is 4. The van der Waals surface area contributed by atoms with E-state index in [1.54, 1.807) is 6.07 Å². The quantitative estimate of drug-likeness (QED) is 0.157. The molecule has 192 valence electrons. The minimum atomic E-state index is 0. The summed E-state index contributed by atoms with van der Waals surface area (Å²) < 4.78 is 8.34. The number of fused-ring (bicyclic) bond motifs is 4. The molecule has 3 heterocycles. The van der Waals surface area contributed by atoms with Crippen LogP contribution in [0.25, 0.3) is 38.5 Å². The van der Waals surface area contributed by atoms with Crippen molar-refractivity contribution in [2.75, 3.05) is 0 Å². The smallest absolute Gasteiger partial charge is 0.217 e. The maximum Gasteiger partial charge on any atom is 0.217 e. The first-order chi connectivity index (χ1) is 18.2. The molecule has 1 fully saturated rings. The number of aromatic hydroxyl groups is 1. The van der Waals surface area contributed by atoms with Crippen molar-refractivity contribution in [3.05, 3.63) is 90.6 Å². The molecule has 7 rings (SSSR count). The normalized spacial score (nSPS) is 13.8. The third-order valence-electron chi connectivity index (χ3n) is 7.44. The molecule has 3 aromatic carbocycles. The van der Waals surface area contributed by atoms with Gasteiger partial charge in [0.15, 0.2) is 0 Å². The van der Waals surface area contributed by atoms with Gasteiger partial charge in [0.2, 0.25) is 5.88 Å². The Hall–Kier alpha value is -3.26. The molecule has 0 aliphatic heterocycles. The van der Waals surface area contributed by atoms with E-state index in [1.165, 1.54) is 31.2 Å². The number of pyridine rings is 2. The molecule has 0 amide bonds. The summed E-state index contributed by atoms with van der Waals surface area (Å²) in [5.74, 6) is 2.58. The van der Waals surface area contributed by atoms with Gasteiger partial charge in [-0.1, -0.05) is 42.6 Å². The molecule has 1 atom stereocenters. The molecule has 0 spiro atoms. The summed E-state index contributed by atoms with van der Waals surface area (Å²) in [4.78, 5) is 9.34. The first-order valence-electron chi connectivity index (χ1n) is 12.6. The summed E-state index contributed by atoms with van der Waals surface area (Å²) in [7, 11) is 2.67. The maximum absolute atomic E-state index is 10.3. The van der Waals surface area contributed by atoms with Crippen molar-refractivity contribution in [2.24, 2.45) is 0 Å². The number of benzene rings is 3. The van der Waals surface area contributed by atoms with E-state index in [0.29, 0.717) is 23.1 Å². The van der Waals surface area contributed by atoms with Crippen LogP contribution in [-0.4, -0.2) is 19.6 Å². The number of aromatic nitrogens is 3. The maximum atomic E-state index is 10.3. The fourth-order valence-corrected chi connectivity index (χ4v) is 5.95. The van der Waals surface area contributed by atoms with E-state index in [9.17, 15) is 5.11 Å². The van der Waals surface area contributed by atoms with Crippen LogP contribution in [0.15, 0.2) is 79.0 Å². The first-order valence-corrected chi connectivity index (χ1v) is 13.2. The van der Waals surface area contributed by atoms with Crippen LogP contribution < -0.4 is 10.0 Å². The molecule has 1 unspecified atom stereocenters. The van der Waals surface area contributed by atoms with Gasteiger partial charge in [0.05, 0.1) is 0 Å². The topological polar surface area (TPSA) is 60.2 Å². The molecule has 7 heteroatoms. The van der Waals surface area contributed by atoms with Gasteiger partial charge in [-0.05, 0) is 65.3 Å². The predicted molar refractivity (Wildman–Crippen MR) is 151 cm³/mol. The monoisotopic (exact) mass is 697 g/mol. The minimum absolute atomic E-state index is 0. The fourth-order valence-electron chi connectivity index (χ4n) is 5.62. The van der Waals surface area contributed by atoms with E-state index < -0.39 is 0 Å². The third-order valence-corrected chi connectivity index (χ3v) is 7.94. The molecule has 3 aromatic heterocycles. The van der Waals surface area contributed by atoms with Crippen LogP contribution in [0.5, 0.6) is 17.4 Å². The number of ether oxygens (including phenoxy) is 1. The van der Waals surface area contributed by atoms with Crippen molar-refractivity contribution in [3.8, 4) is 23.2 Å². The minimum Gasteiger partial charge on any atom is -0.506 e. The van der Waals surface area contributed by atoms with Gasteiger partial charge < -0.3 is 14.4 Å². The molecule has 38 heavy (non-hydrogen) atoms. The number of nitrogens with zero attached hydrogens (tertiary/aromatic N) is 3. The first kappa shape index (κ1) is 25.0. The van der Waals surface area contributed by atoms with Crippen molar-refractivity contribution in [1.82, 2.24) is 14.5 Å². The van der Waals surface area contributed by atoms with Gasteiger partial charge in [0, 0.05) is 50.0 Å². The molecule has 0 radical (unpaired) electrons. The molecule has 5 nitrogen and oxygen atoms in total. The summed E-state index contributed by atoms with van der Waals surface area (Å²) in [5, 5.41) is 14.4. The Kier molecular flexibility index (Phi) is 6.68. The zero-order valence-electron chi connectivity index (χ0n) is 20.5. The number of hydrogen-bond donors (Lipinski definition) is 1. The second kappa shape index (κ2) is 10.1. The van der Waals surface area contributed by atoms with Crippen molar-refractivity contribution >= 4 is 47.3 Å². The molecule has 1 saturated carbocycles. The van der Waals surface area contributed by atoms with Crippen LogP contribution in [0.1, 0.15) is 37.2 Å². The summed E-state index contributed by atoms with van der Waals surface area (Å²) in [5.41, 5.74) is 3.86. The molecular formula is C31H25N3O2PPt-. The van der Waals surface area contributed by atoms with Gasteiger partial charge in [-0.2, -0.15) is 6.07 Å². The van der Waals surface area contributed by atoms with Crippen molar-refractivity contribution in [3.63, 3.8) is 0 Å². The Bertz CT molecular complexity index is 1810. The van der Waals surface area contributed by atoms with Crippen LogP contribution >= 0.6 is 9.24 Å². The zero-order chi connectivity index (χ0) is 24.9. The average molecular weight is 698 g/mol. The van der Waals surface area contributed by atoms with Crippen LogP contribution in [0.4, 0.5) is 0 Å². The average Bonchev–Trinajstić information content (AvgIpc) is 3.58. The third kappa shape index (κ3) is 4.28. The molecule has 1 aliphatic carbocycles. The Labute approximate surface area is 237 Å². The summed E-state index contributed by atoms with van der Waals surface area (Å²) in [6, 6.07) is 27.5. The van der Waals surface area contributed by atoms with E-state index in [1.807, 2.05) is 30.5 Å². The van der Waals surface area contributed by atoms with Crippen molar-refractivity contribution in [1.29, 1.82) is 0 Å². The zero-order valence-corrected chi connectivity index (χ0v) is 23.9. The summed E-state index contributed by atoms with van der Waals surface area (Å²) in [6.07, 6.45) is 7.01. The van der Waals surface area contributed by atoms with Crippen molar-refractivity contribution in [2.45, 2.75) is 31.6 Å². The Morgan fingerprint density at radius 2 is 1.74 bits per heavy atom. The number of phenolic OH excluding ortho intramolecular Hbond substituents is 1. The molecule has 6 aromatic rings. The van der Waals surface area contributed by atoms with E-state index >= 15 is 0 Å². The van der Waals surface area contributed by atoms with Crippen LogP contribution in [0.2, 0.25) is 0 Å². The van der Waals surface area contributed by atoms with Crippen LogP contribution in [0, 0.1) is 6.07 Å². The summed E-state index contributed by atoms with van der Waals surface area (Å²) in [6.45, 7) is 0.